The van der Waals surface area contributed by atoms with Gasteiger partial charge in [0, 0.05) is 11.6 Å². The summed E-state index contributed by atoms with van der Waals surface area (Å²) in [5, 5.41) is 14.0. The van der Waals surface area contributed by atoms with Gasteiger partial charge in [0.2, 0.25) is 0 Å². The molecule has 0 saturated carbocycles. The molecule has 0 spiro atoms. The van der Waals surface area contributed by atoms with Gasteiger partial charge < -0.3 is 15.2 Å². The Bertz CT molecular complexity index is 392. The SMILES string of the molecule is CCC(NC(C)(C)C)C(O)c1ccc(OC(C)C)cc1. The predicted molar refractivity (Wildman–Crippen MR) is 84.1 cm³/mol. The average molecular weight is 279 g/mol. The minimum atomic E-state index is -0.507. The Morgan fingerprint density at radius 2 is 1.70 bits per heavy atom. The number of nitrogens with one attached hydrogen (secondary N) is 1. The summed E-state index contributed by atoms with van der Waals surface area (Å²) >= 11 is 0. The maximum Gasteiger partial charge on any atom is 0.119 e. The maximum absolute atomic E-state index is 10.5. The summed E-state index contributed by atoms with van der Waals surface area (Å²) in [6.07, 6.45) is 0.534. The second-order valence-corrected chi connectivity index (χ2v) is 6.59. The van der Waals surface area contributed by atoms with Crippen LogP contribution in [0.25, 0.3) is 0 Å². The number of rotatable bonds is 6. The van der Waals surface area contributed by atoms with Gasteiger partial charge in [-0.05, 0) is 58.7 Å². The van der Waals surface area contributed by atoms with Crippen molar-refractivity contribution < 1.29 is 9.84 Å². The smallest absolute Gasteiger partial charge is 0.119 e. The van der Waals surface area contributed by atoms with Crippen LogP contribution < -0.4 is 10.1 Å². The molecule has 0 radical (unpaired) electrons. The summed E-state index contributed by atoms with van der Waals surface area (Å²) in [7, 11) is 0. The van der Waals surface area contributed by atoms with Crippen LogP contribution in [-0.4, -0.2) is 22.8 Å². The molecule has 2 unspecified atom stereocenters. The normalized spacial score (nSPS) is 15.2. The first-order valence-electron chi connectivity index (χ1n) is 7.45. The Balaban J connectivity index is 2.77. The molecule has 0 fully saturated rings. The zero-order valence-corrected chi connectivity index (χ0v) is 13.6. The molecule has 3 heteroatoms. The lowest BCUT2D eigenvalue weighted by Crippen LogP contribution is -2.46. The van der Waals surface area contributed by atoms with E-state index in [1.807, 2.05) is 38.1 Å². The van der Waals surface area contributed by atoms with Gasteiger partial charge in [-0.1, -0.05) is 19.1 Å². The van der Waals surface area contributed by atoms with Gasteiger partial charge in [-0.2, -0.15) is 0 Å². The van der Waals surface area contributed by atoms with E-state index in [1.165, 1.54) is 0 Å². The minimum Gasteiger partial charge on any atom is -0.491 e. The summed E-state index contributed by atoms with van der Waals surface area (Å²) in [5.74, 6) is 0.841. The lowest BCUT2D eigenvalue weighted by atomic mass is 9.97. The predicted octanol–water partition coefficient (Wildman–Crippen LogP) is 3.67. The average Bonchev–Trinajstić information content (AvgIpc) is 2.34. The Labute approximate surface area is 123 Å². The zero-order chi connectivity index (χ0) is 15.3. The summed E-state index contributed by atoms with van der Waals surface area (Å²) < 4.78 is 5.62. The molecular weight excluding hydrogens is 250 g/mol. The van der Waals surface area contributed by atoms with Gasteiger partial charge >= 0.3 is 0 Å². The highest BCUT2D eigenvalue weighted by Crippen LogP contribution is 2.23. The van der Waals surface area contributed by atoms with Crippen molar-refractivity contribution in [3.8, 4) is 5.75 Å². The van der Waals surface area contributed by atoms with E-state index in [2.05, 4.69) is 33.0 Å². The zero-order valence-electron chi connectivity index (χ0n) is 13.6. The van der Waals surface area contributed by atoms with Crippen LogP contribution in [0.4, 0.5) is 0 Å². The Kier molecular flexibility index (Phi) is 6.03. The van der Waals surface area contributed by atoms with Gasteiger partial charge in [-0.3, -0.25) is 0 Å². The molecule has 0 aliphatic heterocycles. The minimum absolute atomic E-state index is 0.0116. The molecule has 2 atom stereocenters. The summed E-state index contributed by atoms with van der Waals surface area (Å²) in [6.45, 7) is 12.4. The molecule has 0 aliphatic carbocycles. The van der Waals surface area contributed by atoms with Crippen molar-refractivity contribution in [3.63, 3.8) is 0 Å². The van der Waals surface area contributed by atoms with Gasteiger partial charge in [-0.15, -0.1) is 0 Å². The first-order valence-corrected chi connectivity index (χ1v) is 7.45. The lowest BCUT2D eigenvalue weighted by Gasteiger charge is -2.31. The van der Waals surface area contributed by atoms with E-state index in [9.17, 15) is 5.11 Å². The van der Waals surface area contributed by atoms with Crippen molar-refractivity contribution in [1.82, 2.24) is 5.32 Å². The van der Waals surface area contributed by atoms with Crippen LogP contribution in [0.5, 0.6) is 5.75 Å². The molecule has 0 bridgehead atoms. The molecule has 0 saturated heterocycles. The van der Waals surface area contributed by atoms with Gasteiger partial charge in [0.05, 0.1) is 12.2 Å². The summed E-state index contributed by atoms with van der Waals surface area (Å²) in [4.78, 5) is 0. The van der Waals surface area contributed by atoms with E-state index < -0.39 is 6.10 Å². The van der Waals surface area contributed by atoms with E-state index in [0.29, 0.717) is 0 Å². The number of hydrogen-bond acceptors (Lipinski definition) is 3. The van der Waals surface area contributed by atoms with E-state index in [1.54, 1.807) is 0 Å². The Morgan fingerprint density at radius 1 is 1.15 bits per heavy atom. The quantitative estimate of drug-likeness (QED) is 0.834. The molecule has 0 heterocycles. The second kappa shape index (κ2) is 7.09. The molecule has 0 amide bonds. The van der Waals surface area contributed by atoms with Gasteiger partial charge in [0.25, 0.3) is 0 Å². The highest BCUT2D eigenvalue weighted by Gasteiger charge is 2.23. The van der Waals surface area contributed by atoms with Crippen LogP contribution >= 0.6 is 0 Å². The van der Waals surface area contributed by atoms with Crippen molar-refractivity contribution in [2.75, 3.05) is 0 Å². The largest absolute Gasteiger partial charge is 0.491 e. The Hall–Kier alpha value is -1.06. The van der Waals surface area contributed by atoms with E-state index >= 15 is 0 Å². The fourth-order valence-electron chi connectivity index (χ4n) is 2.21. The topological polar surface area (TPSA) is 41.5 Å². The first kappa shape index (κ1) is 17.0. The number of hydrogen-bond donors (Lipinski definition) is 2. The molecule has 114 valence electrons. The molecule has 1 aromatic carbocycles. The highest BCUT2D eigenvalue weighted by molar-refractivity contribution is 5.29. The molecule has 3 nitrogen and oxygen atoms in total. The standard InChI is InChI=1S/C17H29NO2/c1-7-15(18-17(4,5)6)16(19)13-8-10-14(11-9-13)20-12(2)3/h8-12,15-16,18-19H,7H2,1-6H3. The van der Waals surface area contributed by atoms with Crippen LogP contribution in [0, 0.1) is 0 Å². The first-order chi connectivity index (χ1) is 9.23. The Morgan fingerprint density at radius 3 is 2.10 bits per heavy atom. The third kappa shape index (κ3) is 5.51. The number of aliphatic hydroxyl groups is 1. The lowest BCUT2D eigenvalue weighted by molar-refractivity contribution is 0.110. The second-order valence-electron chi connectivity index (χ2n) is 6.59. The fourth-order valence-corrected chi connectivity index (χ4v) is 2.21. The van der Waals surface area contributed by atoms with Gasteiger partial charge in [0.1, 0.15) is 5.75 Å². The van der Waals surface area contributed by atoms with Crippen LogP contribution in [0.3, 0.4) is 0 Å². The number of ether oxygens (including phenoxy) is 1. The summed E-state index contributed by atoms with van der Waals surface area (Å²) in [5.41, 5.74) is 0.909. The van der Waals surface area contributed by atoms with Crippen LogP contribution in [0.15, 0.2) is 24.3 Å². The molecule has 1 rings (SSSR count). The highest BCUT2D eigenvalue weighted by atomic mass is 16.5. The van der Waals surface area contributed by atoms with Gasteiger partial charge in [0.15, 0.2) is 0 Å². The van der Waals surface area contributed by atoms with Gasteiger partial charge in [-0.25, -0.2) is 0 Å². The monoisotopic (exact) mass is 279 g/mol. The van der Waals surface area contributed by atoms with Crippen LogP contribution in [-0.2, 0) is 0 Å². The third-order valence-electron chi connectivity index (χ3n) is 3.03. The van der Waals surface area contributed by atoms with Crippen molar-refractivity contribution in [3.05, 3.63) is 29.8 Å². The molecule has 0 aliphatic rings. The van der Waals surface area contributed by atoms with Crippen molar-refractivity contribution in [2.24, 2.45) is 0 Å². The van der Waals surface area contributed by atoms with Crippen molar-refractivity contribution >= 4 is 0 Å². The fraction of sp³-hybridized carbons (Fsp3) is 0.647. The van der Waals surface area contributed by atoms with Crippen LogP contribution in [0.1, 0.15) is 59.6 Å². The maximum atomic E-state index is 10.5. The molecule has 20 heavy (non-hydrogen) atoms. The summed E-state index contributed by atoms with van der Waals surface area (Å²) in [6, 6.07) is 7.77. The van der Waals surface area contributed by atoms with E-state index in [-0.39, 0.29) is 17.7 Å². The molecule has 1 aromatic rings. The van der Waals surface area contributed by atoms with Crippen molar-refractivity contribution in [1.29, 1.82) is 0 Å². The van der Waals surface area contributed by atoms with E-state index in [4.69, 9.17) is 4.74 Å². The molecule has 0 aromatic heterocycles. The van der Waals surface area contributed by atoms with Crippen molar-refractivity contribution in [2.45, 2.75) is 71.8 Å². The number of aliphatic hydroxyl groups excluding tert-OH is 1. The number of benzene rings is 1. The third-order valence-corrected chi connectivity index (χ3v) is 3.03. The van der Waals surface area contributed by atoms with E-state index in [0.717, 1.165) is 17.7 Å². The molecular formula is C17H29NO2. The molecule has 2 N–H and O–H groups in total. The van der Waals surface area contributed by atoms with Crippen LogP contribution in [0.2, 0.25) is 0 Å².